The number of ether oxygens (including phenoxy) is 1. The number of carbonyl (C=O) groups is 2. The lowest BCUT2D eigenvalue weighted by molar-refractivity contribution is -0.125. The number of rotatable bonds is 3. The number of nitrogens with zero attached hydrogens (tertiary/aromatic N) is 1. The predicted molar refractivity (Wildman–Crippen MR) is 101 cm³/mol. The van der Waals surface area contributed by atoms with Crippen LogP contribution in [-0.2, 0) is 22.4 Å². The molecule has 0 bridgehead atoms. The molecule has 2 aliphatic rings. The molecule has 1 aliphatic carbocycles. The molecule has 1 aromatic carbocycles. The van der Waals surface area contributed by atoms with Gasteiger partial charge in [-0.2, -0.15) is 0 Å². The Labute approximate surface area is 156 Å². The number of aryl methyl sites for hydroxylation is 1. The van der Waals surface area contributed by atoms with Crippen molar-refractivity contribution in [1.82, 2.24) is 10.2 Å². The number of amides is 2. The van der Waals surface area contributed by atoms with Gasteiger partial charge in [-0.1, -0.05) is 24.3 Å². The van der Waals surface area contributed by atoms with E-state index in [0.717, 1.165) is 25.7 Å². The first-order valence-electron chi connectivity index (χ1n) is 9.67. The first-order valence-corrected chi connectivity index (χ1v) is 9.67. The lowest BCUT2D eigenvalue weighted by Crippen LogP contribution is -2.48. The molecule has 5 heteroatoms. The van der Waals surface area contributed by atoms with E-state index < -0.39 is 11.6 Å². The van der Waals surface area contributed by atoms with Crippen molar-refractivity contribution in [3.05, 3.63) is 35.4 Å². The number of likely N-dealkylation sites (tertiary alicyclic amines) is 1. The van der Waals surface area contributed by atoms with Crippen molar-refractivity contribution >= 4 is 12.0 Å². The van der Waals surface area contributed by atoms with E-state index in [1.165, 1.54) is 11.1 Å². The van der Waals surface area contributed by atoms with Crippen molar-refractivity contribution in [1.29, 1.82) is 0 Å². The minimum absolute atomic E-state index is 0.0489. The van der Waals surface area contributed by atoms with Gasteiger partial charge < -0.3 is 10.1 Å². The van der Waals surface area contributed by atoms with Crippen molar-refractivity contribution in [2.24, 2.45) is 5.92 Å². The highest BCUT2D eigenvalue weighted by molar-refractivity contribution is 5.86. The Morgan fingerprint density at radius 1 is 1.19 bits per heavy atom. The average Bonchev–Trinajstić information content (AvgIpc) is 3.08. The van der Waals surface area contributed by atoms with Crippen LogP contribution in [0.1, 0.15) is 51.2 Å². The molecule has 0 unspecified atom stereocenters. The monoisotopic (exact) mass is 358 g/mol. The first-order chi connectivity index (χ1) is 12.3. The molecule has 1 aromatic rings. The summed E-state index contributed by atoms with van der Waals surface area (Å²) in [7, 11) is 0. The normalized spacial score (nSPS) is 22.7. The van der Waals surface area contributed by atoms with E-state index in [2.05, 4.69) is 29.6 Å². The summed E-state index contributed by atoms with van der Waals surface area (Å²) in [4.78, 5) is 26.6. The van der Waals surface area contributed by atoms with E-state index in [1.807, 2.05) is 20.8 Å². The minimum Gasteiger partial charge on any atom is -0.444 e. The maximum atomic E-state index is 12.7. The average molecular weight is 358 g/mol. The number of fused-ring (bicyclic) bond motifs is 1. The summed E-state index contributed by atoms with van der Waals surface area (Å²) in [5, 5.41) is 3.08. The molecule has 2 atom stereocenters. The number of nitrogens with one attached hydrogen (secondary N) is 1. The zero-order chi connectivity index (χ0) is 18.7. The van der Waals surface area contributed by atoms with E-state index in [1.54, 1.807) is 4.90 Å². The van der Waals surface area contributed by atoms with Gasteiger partial charge in [-0.25, -0.2) is 4.79 Å². The first kappa shape index (κ1) is 18.7. The Bertz CT molecular complexity index is 665. The van der Waals surface area contributed by atoms with E-state index in [4.69, 9.17) is 4.74 Å². The van der Waals surface area contributed by atoms with Crippen LogP contribution in [0.2, 0.25) is 0 Å². The summed E-state index contributed by atoms with van der Waals surface area (Å²) in [5.74, 6) is 0.414. The number of hydrogen-bond acceptors (Lipinski definition) is 3. The van der Waals surface area contributed by atoms with E-state index in [0.29, 0.717) is 25.4 Å². The van der Waals surface area contributed by atoms with E-state index in [-0.39, 0.29) is 12.0 Å². The van der Waals surface area contributed by atoms with Gasteiger partial charge in [0.2, 0.25) is 5.91 Å². The molecule has 1 saturated heterocycles. The van der Waals surface area contributed by atoms with Crippen LogP contribution in [0, 0.1) is 5.92 Å². The fraction of sp³-hybridized carbons (Fsp3) is 0.619. The van der Waals surface area contributed by atoms with Crippen LogP contribution >= 0.6 is 0 Å². The predicted octanol–water partition coefficient (Wildman–Crippen LogP) is 3.31. The highest BCUT2D eigenvalue weighted by Crippen LogP contribution is 2.25. The van der Waals surface area contributed by atoms with Gasteiger partial charge in [-0.15, -0.1) is 0 Å². The lowest BCUT2D eigenvalue weighted by atomic mass is 9.84. The zero-order valence-electron chi connectivity index (χ0n) is 16.1. The fourth-order valence-corrected chi connectivity index (χ4v) is 3.89. The zero-order valence-corrected chi connectivity index (χ0v) is 16.1. The molecule has 0 radical (unpaired) electrons. The van der Waals surface area contributed by atoms with E-state index in [9.17, 15) is 9.59 Å². The molecule has 0 aromatic heterocycles. The Balaban J connectivity index is 1.52. The van der Waals surface area contributed by atoms with Crippen LogP contribution in [-0.4, -0.2) is 41.6 Å². The second-order valence-electron chi connectivity index (χ2n) is 8.45. The van der Waals surface area contributed by atoms with Crippen LogP contribution < -0.4 is 5.32 Å². The van der Waals surface area contributed by atoms with Gasteiger partial charge in [0, 0.05) is 13.1 Å². The number of benzene rings is 1. The molecule has 1 fully saturated rings. The molecular weight excluding hydrogens is 328 g/mol. The summed E-state index contributed by atoms with van der Waals surface area (Å²) < 4.78 is 5.44. The maximum Gasteiger partial charge on any atom is 0.410 e. The molecule has 2 amide bonds. The Morgan fingerprint density at radius 2 is 1.92 bits per heavy atom. The topological polar surface area (TPSA) is 58.6 Å². The minimum atomic E-state index is -0.545. The molecule has 1 aliphatic heterocycles. The maximum absolute atomic E-state index is 12.7. The quantitative estimate of drug-likeness (QED) is 0.902. The van der Waals surface area contributed by atoms with Crippen molar-refractivity contribution in [2.75, 3.05) is 13.1 Å². The van der Waals surface area contributed by atoms with Crippen molar-refractivity contribution in [3.63, 3.8) is 0 Å². The number of carbonyl (C=O) groups excluding carboxylic acids is 2. The van der Waals surface area contributed by atoms with Crippen molar-refractivity contribution < 1.29 is 14.3 Å². The van der Waals surface area contributed by atoms with Gasteiger partial charge in [0.15, 0.2) is 0 Å². The highest BCUT2D eigenvalue weighted by Gasteiger charge is 2.36. The van der Waals surface area contributed by atoms with Crippen LogP contribution in [0.4, 0.5) is 4.79 Å². The van der Waals surface area contributed by atoms with Crippen molar-refractivity contribution in [3.8, 4) is 0 Å². The van der Waals surface area contributed by atoms with Gasteiger partial charge in [0.1, 0.15) is 11.6 Å². The van der Waals surface area contributed by atoms with Gasteiger partial charge in [-0.3, -0.25) is 9.69 Å². The molecule has 0 spiro atoms. The van der Waals surface area contributed by atoms with E-state index >= 15 is 0 Å². The lowest BCUT2D eigenvalue weighted by Gasteiger charge is -2.29. The molecule has 142 valence electrons. The fourth-order valence-electron chi connectivity index (χ4n) is 3.89. The Kier molecular flexibility index (Phi) is 5.54. The van der Waals surface area contributed by atoms with Gasteiger partial charge in [-0.05, 0) is 69.9 Å². The second-order valence-corrected chi connectivity index (χ2v) is 8.45. The van der Waals surface area contributed by atoms with Crippen LogP contribution in [0.5, 0.6) is 0 Å². The van der Waals surface area contributed by atoms with Crippen molar-refractivity contribution in [2.45, 2.75) is 64.5 Å². The molecule has 0 saturated carbocycles. The third-order valence-corrected chi connectivity index (χ3v) is 5.20. The SMILES string of the molecule is CC(C)(C)OC(=O)N1CCC[C@H]1C(=O)NC[C@@H]1CCc2ccccc2C1. The summed E-state index contributed by atoms with van der Waals surface area (Å²) in [6.45, 7) is 6.79. The molecule has 26 heavy (non-hydrogen) atoms. The summed E-state index contributed by atoms with van der Waals surface area (Å²) in [6.07, 6.45) is 4.34. The molecule has 3 rings (SSSR count). The third kappa shape index (κ3) is 4.57. The Hall–Kier alpha value is -2.04. The summed E-state index contributed by atoms with van der Waals surface area (Å²) in [5.41, 5.74) is 2.28. The molecule has 5 nitrogen and oxygen atoms in total. The third-order valence-electron chi connectivity index (χ3n) is 5.20. The molecule has 1 N–H and O–H groups in total. The van der Waals surface area contributed by atoms with Crippen LogP contribution in [0.3, 0.4) is 0 Å². The molecular formula is C21H30N2O3. The summed E-state index contributed by atoms with van der Waals surface area (Å²) >= 11 is 0. The highest BCUT2D eigenvalue weighted by atomic mass is 16.6. The number of hydrogen-bond donors (Lipinski definition) is 1. The second kappa shape index (κ2) is 7.68. The largest absolute Gasteiger partial charge is 0.444 e. The molecule has 1 heterocycles. The van der Waals surface area contributed by atoms with Gasteiger partial charge in [0.25, 0.3) is 0 Å². The summed E-state index contributed by atoms with van der Waals surface area (Å²) in [6, 6.07) is 8.15. The van der Waals surface area contributed by atoms with Crippen LogP contribution in [0.25, 0.3) is 0 Å². The van der Waals surface area contributed by atoms with Crippen LogP contribution in [0.15, 0.2) is 24.3 Å². The Morgan fingerprint density at radius 3 is 2.65 bits per heavy atom. The standard InChI is InChI=1S/C21H30N2O3/c1-21(2,3)26-20(25)23-12-6-9-18(23)19(24)22-14-15-10-11-16-7-4-5-8-17(16)13-15/h4-5,7-8,15,18H,6,9-14H2,1-3H3,(H,22,24)/t15-,18+/m1/s1. The van der Waals surface area contributed by atoms with Gasteiger partial charge >= 0.3 is 6.09 Å². The smallest absolute Gasteiger partial charge is 0.410 e. The van der Waals surface area contributed by atoms with Gasteiger partial charge in [0.05, 0.1) is 0 Å².